The lowest BCUT2D eigenvalue weighted by Gasteiger charge is -2.39. The van der Waals surface area contributed by atoms with Gasteiger partial charge in [0.2, 0.25) is 5.91 Å². The first-order chi connectivity index (χ1) is 14.2. The van der Waals surface area contributed by atoms with Crippen LogP contribution in [-0.2, 0) is 4.79 Å². The van der Waals surface area contributed by atoms with Crippen LogP contribution < -0.4 is 10.6 Å². The van der Waals surface area contributed by atoms with Crippen molar-refractivity contribution in [2.75, 3.05) is 13.1 Å². The fourth-order valence-electron chi connectivity index (χ4n) is 5.14. The van der Waals surface area contributed by atoms with Gasteiger partial charge in [0, 0.05) is 35.1 Å². The number of para-hydroxylation sites is 1. The molecule has 0 saturated carbocycles. The minimum Gasteiger partial charge on any atom is -0.451 e. The average Bonchev–Trinajstić information content (AvgIpc) is 3.11. The predicted octanol–water partition coefficient (Wildman–Crippen LogP) is 3.63. The number of furan rings is 1. The summed E-state index contributed by atoms with van der Waals surface area (Å²) in [5, 5.41) is 7.16. The topological polar surface area (TPSA) is 74.6 Å². The van der Waals surface area contributed by atoms with Crippen LogP contribution in [0.15, 0.2) is 28.7 Å². The van der Waals surface area contributed by atoms with Gasteiger partial charge in [0.1, 0.15) is 5.58 Å². The number of carbonyl (C=O) groups is 2. The monoisotopic (exact) mass is 411 g/mol. The Kier molecular flexibility index (Phi) is 5.62. The molecule has 4 rings (SSSR count). The number of aryl methyl sites for hydroxylation is 1. The number of nitrogens with zero attached hydrogens (tertiary/aromatic N) is 1. The van der Waals surface area contributed by atoms with E-state index in [4.69, 9.17) is 4.42 Å². The van der Waals surface area contributed by atoms with E-state index in [-0.39, 0.29) is 17.4 Å². The van der Waals surface area contributed by atoms with Crippen molar-refractivity contribution in [3.8, 4) is 0 Å². The van der Waals surface area contributed by atoms with E-state index in [1.807, 2.05) is 52.0 Å². The predicted molar refractivity (Wildman–Crippen MR) is 117 cm³/mol. The van der Waals surface area contributed by atoms with Crippen LogP contribution in [0.4, 0.5) is 0 Å². The molecular weight excluding hydrogens is 378 g/mol. The second-order valence-electron chi connectivity index (χ2n) is 9.96. The highest BCUT2D eigenvalue weighted by Crippen LogP contribution is 2.38. The Morgan fingerprint density at radius 3 is 2.43 bits per heavy atom. The summed E-state index contributed by atoms with van der Waals surface area (Å²) in [5.74, 6) is 0.822. The van der Waals surface area contributed by atoms with Gasteiger partial charge in [0.25, 0.3) is 5.91 Å². The third-order valence-electron chi connectivity index (χ3n) is 6.42. The van der Waals surface area contributed by atoms with Crippen molar-refractivity contribution in [2.45, 2.75) is 71.0 Å². The van der Waals surface area contributed by atoms with Crippen LogP contribution in [0.25, 0.3) is 11.0 Å². The maximum atomic E-state index is 12.7. The van der Waals surface area contributed by atoms with E-state index in [0.717, 1.165) is 42.2 Å². The molecule has 3 heterocycles. The van der Waals surface area contributed by atoms with Crippen molar-refractivity contribution >= 4 is 22.8 Å². The molecule has 0 aliphatic carbocycles. The number of piperidine rings is 1. The van der Waals surface area contributed by atoms with Crippen LogP contribution >= 0.6 is 0 Å². The summed E-state index contributed by atoms with van der Waals surface area (Å²) in [4.78, 5) is 27.5. The average molecular weight is 412 g/mol. The Labute approximate surface area is 178 Å². The number of fused-ring (bicyclic) bond motifs is 3. The maximum Gasteiger partial charge on any atom is 0.287 e. The van der Waals surface area contributed by atoms with Gasteiger partial charge < -0.3 is 15.1 Å². The van der Waals surface area contributed by atoms with E-state index >= 15 is 0 Å². The van der Waals surface area contributed by atoms with Crippen LogP contribution in [0.3, 0.4) is 0 Å². The zero-order chi connectivity index (χ0) is 21.5. The van der Waals surface area contributed by atoms with E-state index in [1.54, 1.807) is 0 Å². The van der Waals surface area contributed by atoms with Gasteiger partial charge in [-0.05, 0) is 65.4 Å². The van der Waals surface area contributed by atoms with Gasteiger partial charge in [0.15, 0.2) is 5.76 Å². The molecule has 6 heteroatoms. The van der Waals surface area contributed by atoms with Crippen LogP contribution in [0, 0.1) is 12.8 Å². The first-order valence-corrected chi connectivity index (χ1v) is 11.0. The van der Waals surface area contributed by atoms with Gasteiger partial charge >= 0.3 is 0 Å². The molecule has 2 N–H and O–H groups in total. The van der Waals surface area contributed by atoms with E-state index in [9.17, 15) is 9.59 Å². The molecule has 0 radical (unpaired) electrons. The number of rotatable bonds is 5. The first-order valence-electron chi connectivity index (χ1n) is 11.0. The van der Waals surface area contributed by atoms with Crippen molar-refractivity contribution in [3.63, 3.8) is 0 Å². The lowest BCUT2D eigenvalue weighted by molar-refractivity contribution is -0.125. The van der Waals surface area contributed by atoms with Crippen LogP contribution in [0.1, 0.15) is 62.6 Å². The minimum absolute atomic E-state index is 0.103. The standard InChI is InChI=1S/C24H33N3O3/c1-15-19-7-5-6-8-20(19)30-22(15)23(29)25-13-16-11-17-9-10-18(12-16)27(17)14-21(28)26-24(2,3)4/h5-8,16-18H,9-14H2,1-4H3,(H,25,29)(H,26,28). The second-order valence-corrected chi connectivity index (χ2v) is 9.96. The van der Waals surface area contributed by atoms with Crippen LogP contribution in [0.5, 0.6) is 0 Å². The minimum atomic E-state index is -0.201. The molecule has 1 aromatic carbocycles. The van der Waals surface area contributed by atoms with E-state index in [2.05, 4.69) is 15.5 Å². The molecule has 2 bridgehead atoms. The summed E-state index contributed by atoms with van der Waals surface area (Å²) in [6.07, 6.45) is 4.33. The first kappa shape index (κ1) is 20.9. The van der Waals surface area contributed by atoms with Crippen molar-refractivity contribution in [1.29, 1.82) is 0 Å². The van der Waals surface area contributed by atoms with Crippen molar-refractivity contribution < 1.29 is 14.0 Å². The molecule has 2 unspecified atom stereocenters. The van der Waals surface area contributed by atoms with E-state index in [1.165, 1.54) is 0 Å². The molecule has 6 nitrogen and oxygen atoms in total. The van der Waals surface area contributed by atoms with Gasteiger partial charge in [-0.1, -0.05) is 18.2 Å². The number of amides is 2. The summed E-state index contributed by atoms with van der Waals surface area (Å²) >= 11 is 0. The zero-order valence-electron chi connectivity index (χ0n) is 18.5. The Morgan fingerprint density at radius 1 is 1.13 bits per heavy atom. The molecule has 2 aliphatic rings. The Hall–Kier alpha value is -2.34. The number of hydrogen-bond donors (Lipinski definition) is 2. The Bertz CT molecular complexity index is 929. The number of benzene rings is 1. The fraction of sp³-hybridized carbons (Fsp3) is 0.583. The Morgan fingerprint density at radius 2 is 1.80 bits per heavy atom. The van der Waals surface area contributed by atoms with Gasteiger partial charge in [0.05, 0.1) is 6.54 Å². The third kappa shape index (κ3) is 4.38. The summed E-state index contributed by atoms with van der Waals surface area (Å²) in [6.45, 7) is 9.10. The zero-order valence-corrected chi connectivity index (χ0v) is 18.5. The van der Waals surface area contributed by atoms with Crippen molar-refractivity contribution in [2.24, 2.45) is 5.92 Å². The van der Waals surface area contributed by atoms with E-state index < -0.39 is 0 Å². The van der Waals surface area contributed by atoms with Crippen LogP contribution in [0.2, 0.25) is 0 Å². The van der Waals surface area contributed by atoms with Crippen molar-refractivity contribution in [1.82, 2.24) is 15.5 Å². The van der Waals surface area contributed by atoms with Gasteiger partial charge in [-0.15, -0.1) is 0 Å². The SMILES string of the molecule is Cc1c(C(=O)NCC2CC3CCC(C2)N3CC(=O)NC(C)(C)C)oc2ccccc12. The molecule has 1 aromatic heterocycles. The number of carbonyl (C=O) groups excluding carboxylic acids is 2. The largest absolute Gasteiger partial charge is 0.451 e. The summed E-state index contributed by atoms with van der Waals surface area (Å²) < 4.78 is 5.79. The Balaban J connectivity index is 1.32. The van der Waals surface area contributed by atoms with Crippen molar-refractivity contribution in [3.05, 3.63) is 35.6 Å². The third-order valence-corrected chi connectivity index (χ3v) is 6.42. The second kappa shape index (κ2) is 8.06. The molecule has 162 valence electrons. The highest BCUT2D eigenvalue weighted by atomic mass is 16.3. The lowest BCUT2D eigenvalue weighted by Crippen LogP contribution is -2.52. The van der Waals surface area contributed by atoms with Gasteiger partial charge in [-0.2, -0.15) is 0 Å². The molecule has 2 atom stereocenters. The normalized spacial score (nSPS) is 24.2. The molecule has 2 saturated heterocycles. The fourth-order valence-corrected chi connectivity index (χ4v) is 5.14. The summed E-state index contributed by atoms with van der Waals surface area (Å²) in [7, 11) is 0. The molecule has 2 amide bonds. The molecule has 0 spiro atoms. The highest BCUT2D eigenvalue weighted by molar-refractivity contribution is 5.98. The lowest BCUT2D eigenvalue weighted by atomic mass is 9.90. The number of nitrogens with one attached hydrogen (secondary N) is 2. The summed E-state index contributed by atoms with van der Waals surface area (Å²) in [6, 6.07) is 8.61. The molecule has 2 fully saturated rings. The molecule has 30 heavy (non-hydrogen) atoms. The molecule has 2 aromatic rings. The van der Waals surface area contributed by atoms with Gasteiger partial charge in [-0.25, -0.2) is 0 Å². The maximum absolute atomic E-state index is 12.7. The van der Waals surface area contributed by atoms with Crippen LogP contribution in [-0.4, -0.2) is 47.4 Å². The van der Waals surface area contributed by atoms with Gasteiger partial charge in [-0.3, -0.25) is 14.5 Å². The smallest absolute Gasteiger partial charge is 0.287 e. The quantitative estimate of drug-likeness (QED) is 0.788. The number of hydrogen-bond acceptors (Lipinski definition) is 4. The highest BCUT2D eigenvalue weighted by Gasteiger charge is 2.41. The summed E-state index contributed by atoms with van der Waals surface area (Å²) in [5.41, 5.74) is 1.44. The molecule has 2 aliphatic heterocycles. The van der Waals surface area contributed by atoms with E-state index in [0.29, 0.717) is 36.9 Å². The molecular formula is C24H33N3O3.